The van der Waals surface area contributed by atoms with Crippen LogP contribution in [0.3, 0.4) is 0 Å². The monoisotopic (exact) mass is 449 g/mol. The molecule has 162 valence electrons. The van der Waals surface area contributed by atoms with Crippen molar-refractivity contribution in [3.63, 3.8) is 0 Å². The Morgan fingerprint density at radius 1 is 0.969 bits per heavy atom. The summed E-state index contributed by atoms with van der Waals surface area (Å²) in [6.07, 6.45) is 0. The van der Waals surface area contributed by atoms with Gasteiger partial charge in [0.2, 0.25) is 0 Å². The van der Waals surface area contributed by atoms with Gasteiger partial charge in [-0.25, -0.2) is 13.2 Å². The van der Waals surface area contributed by atoms with Gasteiger partial charge in [-0.05, 0) is 61.5 Å². The molecule has 1 amide bonds. The second-order valence-corrected chi connectivity index (χ2v) is 8.50. The number of sulfonamides is 1. The highest BCUT2D eigenvalue weighted by atomic mass is 32.2. The summed E-state index contributed by atoms with van der Waals surface area (Å²) in [5, 5.41) is 11.4. The molecule has 3 rings (SSSR count). The first kappa shape index (κ1) is 22.5. The van der Waals surface area contributed by atoms with Crippen molar-refractivity contribution in [2.24, 2.45) is 0 Å². The number of nitriles is 1. The molecule has 2 N–H and O–H groups in total. The minimum absolute atomic E-state index is 0.0234. The molecule has 3 aromatic carbocycles. The Morgan fingerprint density at radius 3 is 2.31 bits per heavy atom. The van der Waals surface area contributed by atoms with Crippen LogP contribution in [0.2, 0.25) is 0 Å². The van der Waals surface area contributed by atoms with Gasteiger partial charge in [0.1, 0.15) is 0 Å². The molecular formula is C23H19N3O5S. The second-order valence-electron chi connectivity index (χ2n) is 6.81. The van der Waals surface area contributed by atoms with E-state index < -0.39 is 28.5 Å². The molecule has 0 saturated carbocycles. The number of carbonyl (C=O) groups excluding carboxylic acids is 2. The Balaban J connectivity index is 1.57. The zero-order chi connectivity index (χ0) is 23.1. The largest absolute Gasteiger partial charge is 0.452 e. The SMILES string of the molecule is Cc1ccc(NS(=O)(=O)c2ccc(C(=O)OCC(=O)Nc3cccc(C#N)c3)cc2)cc1. The van der Waals surface area contributed by atoms with Crippen LogP contribution in [-0.2, 0) is 19.6 Å². The number of anilines is 2. The minimum Gasteiger partial charge on any atom is -0.452 e. The Labute approximate surface area is 185 Å². The highest BCUT2D eigenvalue weighted by Crippen LogP contribution is 2.17. The normalized spacial score (nSPS) is 10.6. The molecule has 32 heavy (non-hydrogen) atoms. The number of nitrogens with one attached hydrogen (secondary N) is 2. The van der Waals surface area contributed by atoms with Gasteiger partial charge in [-0.1, -0.05) is 23.8 Å². The quantitative estimate of drug-likeness (QED) is 0.532. The Kier molecular flexibility index (Phi) is 6.87. The number of nitrogens with zero attached hydrogens (tertiary/aromatic N) is 1. The number of rotatable bonds is 7. The van der Waals surface area contributed by atoms with Crippen LogP contribution in [-0.4, -0.2) is 26.9 Å². The lowest BCUT2D eigenvalue weighted by Gasteiger charge is -2.09. The summed E-state index contributed by atoms with van der Waals surface area (Å²) < 4.78 is 32.4. The van der Waals surface area contributed by atoms with Gasteiger partial charge >= 0.3 is 5.97 Å². The maximum absolute atomic E-state index is 12.5. The Hall–Kier alpha value is -4.16. The van der Waals surface area contributed by atoms with Crippen LogP contribution in [0, 0.1) is 18.3 Å². The first-order chi connectivity index (χ1) is 15.3. The first-order valence-corrected chi connectivity index (χ1v) is 10.9. The van der Waals surface area contributed by atoms with Crippen LogP contribution >= 0.6 is 0 Å². The van der Waals surface area contributed by atoms with Crippen molar-refractivity contribution in [2.45, 2.75) is 11.8 Å². The van der Waals surface area contributed by atoms with E-state index in [2.05, 4.69) is 10.0 Å². The molecule has 0 aliphatic rings. The summed E-state index contributed by atoms with van der Waals surface area (Å²) in [6, 6.07) is 20.3. The van der Waals surface area contributed by atoms with Crippen molar-refractivity contribution >= 4 is 33.3 Å². The molecule has 0 saturated heterocycles. The van der Waals surface area contributed by atoms with Crippen molar-refractivity contribution in [1.29, 1.82) is 5.26 Å². The van der Waals surface area contributed by atoms with Gasteiger partial charge in [0.15, 0.2) is 6.61 Å². The van der Waals surface area contributed by atoms with Gasteiger partial charge in [-0.3, -0.25) is 9.52 Å². The fourth-order valence-corrected chi connectivity index (χ4v) is 3.74. The van der Waals surface area contributed by atoms with E-state index in [0.29, 0.717) is 16.9 Å². The molecule has 3 aromatic rings. The summed E-state index contributed by atoms with van der Waals surface area (Å²) in [4.78, 5) is 24.1. The number of aryl methyl sites for hydroxylation is 1. The van der Waals surface area contributed by atoms with Crippen molar-refractivity contribution in [3.8, 4) is 6.07 Å². The average molecular weight is 449 g/mol. The summed E-state index contributed by atoms with van der Waals surface area (Å²) >= 11 is 0. The molecule has 0 fully saturated rings. The molecule has 9 heteroatoms. The fraction of sp³-hybridized carbons (Fsp3) is 0.0870. The molecule has 0 aliphatic carbocycles. The highest BCUT2D eigenvalue weighted by Gasteiger charge is 2.16. The number of hydrogen-bond acceptors (Lipinski definition) is 6. The molecule has 0 radical (unpaired) electrons. The van der Waals surface area contributed by atoms with Crippen LogP contribution in [0.15, 0.2) is 77.7 Å². The number of hydrogen-bond donors (Lipinski definition) is 2. The average Bonchev–Trinajstić information content (AvgIpc) is 2.79. The lowest BCUT2D eigenvalue weighted by molar-refractivity contribution is -0.119. The Bertz CT molecular complexity index is 1280. The number of amides is 1. The minimum atomic E-state index is -3.82. The molecule has 0 atom stereocenters. The van der Waals surface area contributed by atoms with E-state index in [1.165, 1.54) is 30.3 Å². The van der Waals surface area contributed by atoms with Gasteiger partial charge in [0.25, 0.3) is 15.9 Å². The van der Waals surface area contributed by atoms with E-state index in [0.717, 1.165) is 5.56 Å². The summed E-state index contributed by atoms with van der Waals surface area (Å²) in [7, 11) is -3.82. The molecule has 0 spiro atoms. The third kappa shape index (κ3) is 5.93. The van der Waals surface area contributed by atoms with E-state index in [1.807, 2.05) is 13.0 Å². The van der Waals surface area contributed by atoms with Crippen molar-refractivity contribution in [2.75, 3.05) is 16.6 Å². The van der Waals surface area contributed by atoms with Gasteiger partial charge in [-0.2, -0.15) is 5.26 Å². The maximum atomic E-state index is 12.5. The van der Waals surface area contributed by atoms with Crippen molar-refractivity contribution in [3.05, 3.63) is 89.5 Å². The summed E-state index contributed by atoms with van der Waals surface area (Å²) in [6.45, 7) is 1.36. The van der Waals surface area contributed by atoms with E-state index in [1.54, 1.807) is 42.5 Å². The van der Waals surface area contributed by atoms with Gasteiger partial charge in [0.05, 0.1) is 22.1 Å². The molecule has 0 bridgehead atoms. The Morgan fingerprint density at radius 2 is 1.66 bits per heavy atom. The standard InChI is InChI=1S/C23H19N3O5S/c1-16-5-9-19(10-6-16)26-32(29,30)21-11-7-18(8-12-21)23(28)31-15-22(27)25-20-4-2-3-17(13-20)14-24/h2-13,26H,15H2,1H3,(H,25,27). The van der Waals surface area contributed by atoms with Crippen LogP contribution in [0.25, 0.3) is 0 Å². The topological polar surface area (TPSA) is 125 Å². The fourth-order valence-electron chi connectivity index (χ4n) is 2.68. The van der Waals surface area contributed by atoms with Crippen LogP contribution in [0.5, 0.6) is 0 Å². The second kappa shape index (κ2) is 9.76. The molecule has 0 heterocycles. The third-order valence-electron chi connectivity index (χ3n) is 4.31. The molecular weight excluding hydrogens is 430 g/mol. The van der Waals surface area contributed by atoms with Crippen LogP contribution < -0.4 is 10.0 Å². The van der Waals surface area contributed by atoms with Gasteiger partial charge in [-0.15, -0.1) is 0 Å². The maximum Gasteiger partial charge on any atom is 0.338 e. The van der Waals surface area contributed by atoms with E-state index in [-0.39, 0.29) is 10.5 Å². The summed E-state index contributed by atoms with van der Waals surface area (Å²) in [5.41, 5.74) is 2.30. The van der Waals surface area contributed by atoms with E-state index in [9.17, 15) is 18.0 Å². The highest BCUT2D eigenvalue weighted by molar-refractivity contribution is 7.92. The third-order valence-corrected chi connectivity index (χ3v) is 5.71. The molecule has 0 aliphatic heterocycles. The lowest BCUT2D eigenvalue weighted by atomic mass is 10.2. The zero-order valence-electron chi connectivity index (χ0n) is 17.0. The van der Waals surface area contributed by atoms with Crippen LogP contribution in [0.4, 0.5) is 11.4 Å². The van der Waals surface area contributed by atoms with Crippen molar-refractivity contribution in [1.82, 2.24) is 0 Å². The first-order valence-electron chi connectivity index (χ1n) is 9.43. The molecule has 8 nitrogen and oxygen atoms in total. The van der Waals surface area contributed by atoms with E-state index in [4.69, 9.17) is 10.00 Å². The number of benzene rings is 3. The van der Waals surface area contributed by atoms with E-state index >= 15 is 0 Å². The predicted molar refractivity (Wildman–Crippen MR) is 118 cm³/mol. The number of esters is 1. The summed E-state index contributed by atoms with van der Waals surface area (Å²) in [5.74, 6) is -1.35. The number of carbonyl (C=O) groups is 2. The predicted octanol–water partition coefficient (Wildman–Crippen LogP) is 3.46. The molecule has 0 aromatic heterocycles. The van der Waals surface area contributed by atoms with Crippen molar-refractivity contribution < 1.29 is 22.7 Å². The van der Waals surface area contributed by atoms with Gasteiger partial charge in [0, 0.05) is 11.4 Å². The molecule has 0 unspecified atom stereocenters. The zero-order valence-corrected chi connectivity index (χ0v) is 17.8. The van der Waals surface area contributed by atoms with Crippen LogP contribution in [0.1, 0.15) is 21.5 Å². The lowest BCUT2D eigenvalue weighted by Crippen LogP contribution is -2.21. The van der Waals surface area contributed by atoms with Gasteiger partial charge < -0.3 is 10.1 Å². The smallest absolute Gasteiger partial charge is 0.338 e. The number of ether oxygens (including phenoxy) is 1.